The summed E-state index contributed by atoms with van der Waals surface area (Å²) in [7, 11) is -3.27. The molecule has 1 aromatic rings. The molecule has 1 aliphatic heterocycles. The number of hydrogen-bond donors (Lipinski definition) is 1. The van der Waals surface area contributed by atoms with Gasteiger partial charge in [-0.2, -0.15) is 4.37 Å². The maximum absolute atomic E-state index is 12.5. The van der Waals surface area contributed by atoms with Crippen molar-refractivity contribution in [3.8, 4) is 0 Å². The number of sulfone groups is 1. The molecule has 2 aliphatic rings. The van der Waals surface area contributed by atoms with Crippen LogP contribution in [-0.4, -0.2) is 31.1 Å². The highest BCUT2D eigenvalue weighted by Crippen LogP contribution is 2.44. The Kier molecular flexibility index (Phi) is 3.01. The summed E-state index contributed by atoms with van der Waals surface area (Å²) in [5.74, 6) is 1.32. The molecule has 0 aromatic carbocycles. The average molecular weight is 301 g/mol. The summed E-state index contributed by atoms with van der Waals surface area (Å²) in [5, 5.41) is 0.517. The van der Waals surface area contributed by atoms with E-state index in [1.54, 1.807) is 0 Å². The van der Waals surface area contributed by atoms with Crippen LogP contribution in [-0.2, 0) is 9.84 Å². The van der Waals surface area contributed by atoms with Crippen molar-refractivity contribution < 1.29 is 8.42 Å². The minimum Gasteiger partial charge on any atom is -0.382 e. The van der Waals surface area contributed by atoms with Gasteiger partial charge in [0.2, 0.25) is 0 Å². The number of nitrogen functional groups attached to an aromatic ring is 1. The van der Waals surface area contributed by atoms with Gasteiger partial charge in [0.25, 0.3) is 0 Å². The lowest BCUT2D eigenvalue weighted by atomic mass is 10.0. The number of anilines is 2. The van der Waals surface area contributed by atoms with Crippen LogP contribution in [0.15, 0.2) is 4.90 Å². The molecule has 2 unspecified atom stereocenters. The van der Waals surface area contributed by atoms with Crippen molar-refractivity contribution in [2.45, 2.75) is 36.8 Å². The van der Waals surface area contributed by atoms with Gasteiger partial charge in [0.15, 0.2) is 15.7 Å². The minimum atomic E-state index is -3.27. The first-order valence-corrected chi connectivity index (χ1v) is 8.97. The Morgan fingerprint density at radius 1 is 1.26 bits per heavy atom. The van der Waals surface area contributed by atoms with Crippen molar-refractivity contribution in [1.29, 1.82) is 0 Å². The van der Waals surface area contributed by atoms with Crippen LogP contribution in [0.5, 0.6) is 0 Å². The molecule has 2 atom stereocenters. The summed E-state index contributed by atoms with van der Waals surface area (Å²) in [4.78, 5) is 2.43. The van der Waals surface area contributed by atoms with Crippen LogP contribution >= 0.6 is 11.5 Å². The zero-order valence-corrected chi connectivity index (χ0v) is 12.8. The normalized spacial score (nSPS) is 28.0. The second-order valence-corrected chi connectivity index (χ2v) is 8.72. The lowest BCUT2D eigenvalue weighted by Gasteiger charge is -2.17. The third-order valence-electron chi connectivity index (χ3n) is 4.18. The molecule has 0 spiro atoms. The van der Waals surface area contributed by atoms with Crippen molar-refractivity contribution in [1.82, 2.24) is 4.37 Å². The molecule has 3 rings (SSSR count). The van der Waals surface area contributed by atoms with E-state index in [0.717, 1.165) is 30.9 Å². The first-order valence-electron chi connectivity index (χ1n) is 6.65. The molecule has 2 N–H and O–H groups in total. The third-order valence-corrected chi connectivity index (χ3v) is 7.55. The van der Waals surface area contributed by atoms with E-state index in [-0.39, 0.29) is 11.1 Å². The van der Waals surface area contributed by atoms with Gasteiger partial charge in [-0.05, 0) is 36.2 Å². The zero-order chi connectivity index (χ0) is 13.8. The quantitative estimate of drug-likeness (QED) is 0.920. The molecule has 2 fully saturated rings. The van der Waals surface area contributed by atoms with Gasteiger partial charge in [0.05, 0.1) is 5.25 Å². The Morgan fingerprint density at radius 2 is 1.84 bits per heavy atom. The molecule has 2 heterocycles. The summed E-state index contributed by atoms with van der Waals surface area (Å²) >= 11 is 1.22. The van der Waals surface area contributed by atoms with Crippen LogP contribution in [0.25, 0.3) is 0 Å². The first-order chi connectivity index (χ1) is 8.91. The fourth-order valence-corrected chi connectivity index (χ4v) is 5.64. The Balaban J connectivity index is 2.00. The summed E-state index contributed by atoms with van der Waals surface area (Å²) in [6.07, 6.45) is 1.51. The molecular formula is C12H19N3O2S2. The van der Waals surface area contributed by atoms with Crippen LogP contribution in [0.1, 0.15) is 26.7 Å². The third kappa shape index (κ3) is 2.12. The molecular weight excluding hydrogens is 282 g/mol. The molecule has 106 valence electrons. The highest BCUT2D eigenvalue weighted by molar-refractivity contribution is 7.92. The Labute approximate surface area is 117 Å². The zero-order valence-electron chi connectivity index (χ0n) is 11.2. The van der Waals surface area contributed by atoms with Crippen molar-refractivity contribution in [3.05, 3.63) is 0 Å². The first kappa shape index (κ1) is 13.2. The van der Waals surface area contributed by atoms with E-state index in [9.17, 15) is 8.42 Å². The standard InChI is InChI=1S/C12H19N3O2S2/c1-7-5-15(6-8(7)2)12-10(11(13)14-18-12)19(16,17)9-3-4-9/h7-9H,3-6H2,1-2H3,(H2,13,14). The predicted octanol–water partition coefficient (Wildman–Crippen LogP) is 1.75. The van der Waals surface area contributed by atoms with Gasteiger partial charge in [0, 0.05) is 13.1 Å². The summed E-state index contributed by atoms with van der Waals surface area (Å²) in [5.41, 5.74) is 5.82. The molecule has 1 saturated carbocycles. The Bertz CT molecular complexity index is 582. The molecule has 19 heavy (non-hydrogen) atoms. The van der Waals surface area contributed by atoms with Gasteiger partial charge >= 0.3 is 0 Å². The van der Waals surface area contributed by atoms with E-state index >= 15 is 0 Å². The minimum absolute atomic E-state index is 0.180. The Hall–Kier alpha value is -0.820. The van der Waals surface area contributed by atoms with Crippen molar-refractivity contribution in [2.75, 3.05) is 23.7 Å². The second-order valence-electron chi connectivity index (χ2n) is 5.81. The maximum atomic E-state index is 12.5. The predicted molar refractivity (Wildman–Crippen MR) is 77.3 cm³/mol. The fraction of sp³-hybridized carbons (Fsp3) is 0.750. The topological polar surface area (TPSA) is 76.3 Å². The molecule has 0 radical (unpaired) electrons. The largest absolute Gasteiger partial charge is 0.382 e. The van der Waals surface area contributed by atoms with Gasteiger partial charge in [-0.3, -0.25) is 0 Å². The number of nitrogens with two attached hydrogens (primary N) is 1. The average Bonchev–Trinajstić information content (AvgIpc) is 3.05. The highest BCUT2D eigenvalue weighted by Gasteiger charge is 2.42. The van der Waals surface area contributed by atoms with E-state index in [1.807, 2.05) is 0 Å². The molecule has 1 aromatic heterocycles. The van der Waals surface area contributed by atoms with Crippen molar-refractivity contribution in [2.24, 2.45) is 11.8 Å². The summed E-state index contributed by atoms with van der Waals surface area (Å²) < 4.78 is 29.0. The SMILES string of the molecule is CC1CN(c2snc(N)c2S(=O)(=O)C2CC2)CC1C. The summed E-state index contributed by atoms with van der Waals surface area (Å²) in [6.45, 7) is 6.17. The monoisotopic (exact) mass is 301 g/mol. The van der Waals surface area contributed by atoms with Crippen LogP contribution in [0.2, 0.25) is 0 Å². The lowest BCUT2D eigenvalue weighted by molar-refractivity contribution is 0.494. The van der Waals surface area contributed by atoms with Gasteiger partial charge < -0.3 is 10.6 Å². The summed E-state index contributed by atoms with van der Waals surface area (Å²) in [6, 6.07) is 0. The smallest absolute Gasteiger partial charge is 0.187 e. The van der Waals surface area contributed by atoms with E-state index in [0.29, 0.717) is 16.7 Å². The van der Waals surface area contributed by atoms with Crippen molar-refractivity contribution in [3.63, 3.8) is 0 Å². The number of nitrogens with zero attached hydrogens (tertiary/aromatic N) is 2. The van der Waals surface area contributed by atoms with Gasteiger partial charge in [0.1, 0.15) is 9.90 Å². The van der Waals surface area contributed by atoms with E-state index in [1.165, 1.54) is 11.5 Å². The maximum Gasteiger partial charge on any atom is 0.187 e. The van der Waals surface area contributed by atoms with E-state index in [2.05, 4.69) is 23.1 Å². The van der Waals surface area contributed by atoms with Crippen molar-refractivity contribution >= 4 is 32.2 Å². The molecule has 7 heteroatoms. The van der Waals surface area contributed by atoms with Crippen LogP contribution < -0.4 is 10.6 Å². The van der Waals surface area contributed by atoms with Crippen LogP contribution in [0.3, 0.4) is 0 Å². The molecule has 0 amide bonds. The van der Waals surface area contributed by atoms with Gasteiger partial charge in [-0.15, -0.1) is 0 Å². The number of aromatic nitrogens is 1. The van der Waals surface area contributed by atoms with E-state index < -0.39 is 9.84 Å². The number of rotatable bonds is 3. The van der Waals surface area contributed by atoms with Gasteiger partial charge in [-0.25, -0.2) is 8.42 Å². The second kappa shape index (κ2) is 4.34. The van der Waals surface area contributed by atoms with Crippen LogP contribution in [0.4, 0.5) is 10.8 Å². The van der Waals surface area contributed by atoms with Crippen LogP contribution in [0, 0.1) is 11.8 Å². The highest BCUT2D eigenvalue weighted by atomic mass is 32.2. The molecule has 0 bridgehead atoms. The lowest BCUT2D eigenvalue weighted by Crippen LogP contribution is -2.21. The molecule has 5 nitrogen and oxygen atoms in total. The number of hydrogen-bond acceptors (Lipinski definition) is 6. The fourth-order valence-electron chi connectivity index (χ4n) is 2.59. The molecule has 1 aliphatic carbocycles. The van der Waals surface area contributed by atoms with Gasteiger partial charge in [-0.1, -0.05) is 13.8 Å². The van der Waals surface area contributed by atoms with E-state index in [4.69, 9.17) is 5.73 Å². The Morgan fingerprint density at radius 3 is 2.37 bits per heavy atom. The molecule has 1 saturated heterocycles.